The molecular formula is C31H43F5N6O3. The highest BCUT2D eigenvalue weighted by atomic mass is 19.4. The Morgan fingerprint density at radius 2 is 1.80 bits per heavy atom. The molecule has 0 fully saturated rings. The van der Waals surface area contributed by atoms with Gasteiger partial charge in [-0.2, -0.15) is 13.2 Å². The van der Waals surface area contributed by atoms with Crippen LogP contribution in [0.5, 0.6) is 5.88 Å². The number of aromatic amines is 1. The van der Waals surface area contributed by atoms with E-state index in [0.29, 0.717) is 24.7 Å². The molecule has 0 aliphatic carbocycles. The van der Waals surface area contributed by atoms with Gasteiger partial charge in [0.15, 0.2) is 12.1 Å². The number of halogens is 5. The monoisotopic (exact) mass is 642 g/mol. The molecule has 0 bridgehead atoms. The van der Waals surface area contributed by atoms with Gasteiger partial charge in [-0.1, -0.05) is 33.3 Å². The van der Waals surface area contributed by atoms with Crippen molar-refractivity contribution in [2.45, 2.75) is 72.7 Å². The number of ether oxygens (including phenoxy) is 1. The number of nitrogen functional groups attached to an aromatic ring is 1. The zero-order valence-corrected chi connectivity index (χ0v) is 26.4. The van der Waals surface area contributed by atoms with Gasteiger partial charge < -0.3 is 31.8 Å². The second-order valence-corrected chi connectivity index (χ2v) is 9.53. The fourth-order valence-corrected chi connectivity index (χ4v) is 4.24. The minimum atomic E-state index is -5.10. The Morgan fingerprint density at radius 3 is 2.38 bits per heavy atom. The summed E-state index contributed by atoms with van der Waals surface area (Å²) in [5.74, 6) is -3.03. The molecule has 0 aliphatic heterocycles. The maximum absolute atomic E-state index is 16.0. The minimum absolute atomic E-state index is 0.204. The normalized spacial score (nSPS) is 11.5. The number of unbranched alkanes of at least 4 members (excludes halogenated alkanes) is 1. The summed E-state index contributed by atoms with van der Waals surface area (Å²) < 4.78 is 78.7. The first-order valence-electron chi connectivity index (χ1n) is 14.6. The van der Waals surface area contributed by atoms with Gasteiger partial charge in [0.1, 0.15) is 17.1 Å². The summed E-state index contributed by atoms with van der Waals surface area (Å²) in [4.78, 5) is 30.4. The molecule has 0 amide bonds. The van der Waals surface area contributed by atoms with Crippen molar-refractivity contribution in [3.05, 3.63) is 68.6 Å². The summed E-state index contributed by atoms with van der Waals surface area (Å²) in [6.45, 7) is 9.72. The zero-order valence-electron chi connectivity index (χ0n) is 26.4. The van der Waals surface area contributed by atoms with Crippen molar-refractivity contribution in [3.8, 4) is 17.1 Å². The van der Waals surface area contributed by atoms with Crippen LogP contribution < -0.4 is 32.4 Å². The molecule has 7 N–H and O–H groups in total. The molecule has 14 heteroatoms. The third kappa shape index (κ3) is 10.5. The van der Waals surface area contributed by atoms with Crippen molar-refractivity contribution < 1.29 is 31.5 Å². The van der Waals surface area contributed by atoms with Crippen molar-refractivity contribution in [1.82, 2.24) is 15.3 Å². The number of rotatable bonds is 13. The van der Waals surface area contributed by atoms with E-state index in [2.05, 4.69) is 26.3 Å². The van der Waals surface area contributed by atoms with Crippen LogP contribution in [0.3, 0.4) is 0 Å². The Labute approximate surface area is 260 Å². The zero-order chi connectivity index (χ0) is 34.3. The second kappa shape index (κ2) is 18.7. The van der Waals surface area contributed by atoms with Crippen molar-refractivity contribution in [2.24, 2.45) is 5.73 Å². The molecule has 2 aromatic heterocycles. The largest absolute Gasteiger partial charge is 0.474 e. The fourth-order valence-electron chi connectivity index (χ4n) is 4.24. The molecule has 0 radical (unpaired) electrons. The van der Waals surface area contributed by atoms with Gasteiger partial charge in [-0.15, -0.1) is 0 Å². The van der Waals surface area contributed by atoms with Crippen LogP contribution in [0, 0.1) is 18.6 Å². The minimum Gasteiger partial charge on any atom is -0.474 e. The summed E-state index contributed by atoms with van der Waals surface area (Å²) >= 11 is 0. The number of nitrogens with zero attached hydrogens (tertiary/aromatic N) is 1. The van der Waals surface area contributed by atoms with Gasteiger partial charge in [0.25, 0.3) is 0 Å². The average molecular weight is 643 g/mol. The summed E-state index contributed by atoms with van der Waals surface area (Å²) in [6.07, 6.45) is -2.98. The van der Waals surface area contributed by atoms with Crippen LogP contribution >= 0.6 is 0 Å². The summed E-state index contributed by atoms with van der Waals surface area (Å²) in [6, 6.07) is 4.89. The molecule has 2 heterocycles. The van der Waals surface area contributed by atoms with Crippen LogP contribution in [0.2, 0.25) is 0 Å². The van der Waals surface area contributed by atoms with E-state index < -0.39 is 69.1 Å². The molecule has 1 atom stereocenters. The molecule has 3 rings (SSSR count). The molecule has 3 aromatic rings. The highest BCUT2D eigenvalue weighted by Crippen LogP contribution is 2.44. The molecule has 0 aliphatic rings. The number of anilines is 2. The molecular weight excluding hydrogens is 599 g/mol. The van der Waals surface area contributed by atoms with Crippen LogP contribution in [0.25, 0.3) is 11.3 Å². The van der Waals surface area contributed by atoms with Gasteiger partial charge in [0, 0.05) is 17.3 Å². The number of hydrogen-bond donors (Lipinski definition) is 5. The van der Waals surface area contributed by atoms with Gasteiger partial charge >= 0.3 is 6.18 Å². The van der Waals surface area contributed by atoms with Crippen LogP contribution in [-0.2, 0) is 12.7 Å². The second-order valence-electron chi connectivity index (χ2n) is 9.53. The number of hydrogen-bond acceptors (Lipinski definition) is 8. The number of carbonyl (C=O) groups excluding carboxylic acids is 1. The van der Waals surface area contributed by atoms with Gasteiger partial charge in [-0.05, 0) is 64.5 Å². The molecule has 9 nitrogen and oxygen atoms in total. The van der Waals surface area contributed by atoms with E-state index in [0.717, 1.165) is 26.3 Å². The number of benzene rings is 1. The van der Waals surface area contributed by atoms with E-state index >= 15 is 4.39 Å². The predicted octanol–water partition coefficient (Wildman–Crippen LogP) is 6.20. The first-order chi connectivity index (χ1) is 21.4. The van der Waals surface area contributed by atoms with Gasteiger partial charge in [-0.3, -0.25) is 9.59 Å². The number of aromatic nitrogens is 2. The van der Waals surface area contributed by atoms with Crippen molar-refractivity contribution in [2.75, 3.05) is 31.2 Å². The van der Waals surface area contributed by atoms with Crippen molar-refractivity contribution >= 4 is 17.7 Å². The Morgan fingerprint density at radius 1 is 1.13 bits per heavy atom. The molecule has 0 saturated carbocycles. The fraction of sp³-hybridized carbons (Fsp3) is 0.452. The van der Waals surface area contributed by atoms with E-state index in [1.54, 1.807) is 6.92 Å². The number of nitrogens with one attached hydrogen (secondary N) is 3. The molecule has 250 valence electrons. The Balaban J connectivity index is 0.00000243. The SMILES string of the molecule is CC.CCCCNCCC(C)Oc1nc(-c2cc(N)c(F)c(C)c2C(F)(F)F)c(F)c(NCc2cccc(=O)[nH]2)c1C=O.CN. The lowest BCUT2D eigenvalue weighted by Crippen LogP contribution is -2.24. The standard InChI is InChI=1S/C28H32F5N5O3.C2H6.CH5N/c1-4-5-10-35-11-9-15(2)41-27-19(14-39)25(36-13-17-7-6-8-21(40)37-17)24(30)26(38-27)18-12-20(34)23(29)16(3)22(18)28(31,32)33;2*1-2/h6-8,12,14-15,35H,4-5,9-11,13,34H2,1-3H3,(H,36,38)(H,37,40);1-2H3;2H2,1H3. The first-order valence-corrected chi connectivity index (χ1v) is 14.6. The Bertz CT molecular complexity index is 1450. The van der Waals surface area contributed by atoms with Gasteiger partial charge in [-0.25, -0.2) is 13.8 Å². The summed E-state index contributed by atoms with van der Waals surface area (Å²) in [7, 11) is 1.50. The topological polar surface area (TPSA) is 148 Å². The van der Waals surface area contributed by atoms with Gasteiger partial charge in [0.05, 0.1) is 29.6 Å². The first kappa shape index (κ1) is 39.0. The van der Waals surface area contributed by atoms with Crippen LogP contribution in [-0.4, -0.2) is 42.5 Å². The van der Waals surface area contributed by atoms with Crippen molar-refractivity contribution in [1.29, 1.82) is 0 Å². The summed E-state index contributed by atoms with van der Waals surface area (Å²) in [5.41, 5.74) is 4.51. The number of nitrogens with two attached hydrogens (primary N) is 2. The maximum Gasteiger partial charge on any atom is 0.417 e. The van der Waals surface area contributed by atoms with E-state index in [9.17, 15) is 27.2 Å². The molecule has 0 spiro atoms. The number of carbonyl (C=O) groups is 1. The number of alkyl halides is 3. The van der Waals surface area contributed by atoms with Crippen molar-refractivity contribution in [3.63, 3.8) is 0 Å². The molecule has 0 saturated heterocycles. The third-order valence-corrected chi connectivity index (χ3v) is 6.36. The average Bonchev–Trinajstić information content (AvgIpc) is 3.00. The lowest BCUT2D eigenvalue weighted by Gasteiger charge is -2.22. The highest BCUT2D eigenvalue weighted by molar-refractivity contribution is 5.90. The van der Waals surface area contributed by atoms with E-state index in [4.69, 9.17) is 10.5 Å². The number of H-pyrrole nitrogens is 1. The highest BCUT2D eigenvalue weighted by Gasteiger charge is 2.39. The van der Waals surface area contributed by atoms with Crippen LogP contribution in [0.1, 0.15) is 74.1 Å². The van der Waals surface area contributed by atoms with Crippen LogP contribution in [0.15, 0.2) is 29.1 Å². The lowest BCUT2D eigenvalue weighted by molar-refractivity contribution is -0.137. The molecule has 1 unspecified atom stereocenters. The third-order valence-electron chi connectivity index (χ3n) is 6.36. The molecule has 45 heavy (non-hydrogen) atoms. The quantitative estimate of drug-likeness (QED) is 0.0641. The molecule has 1 aromatic carbocycles. The Hall–Kier alpha value is -4.04. The Kier molecular flexibility index (Phi) is 16.2. The smallest absolute Gasteiger partial charge is 0.417 e. The lowest BCUT2D eigenvalue weighted by atomic mass is 9.95. The predicted molar refractivity (Wildman–Crippen MR) is 167 cm³/mol. The van der Waals surface area contributed by atoms with E-state index in [-0.39, 0.29) is 18.4 Å². The van der Waals surface area contributed by atoms with Gasteiger partial charge in [0.2, 0.25) is 11.4 Å². The van der Waals surface area contributed by atoms with Crippen LogP contribution in [0.4, 0.5) is 33.3 Å². The number of aldehydes is 1. The summed E-state index contributed by atoms with van der Waals surface area (Å²) in [5, 5.41) is 5.90. The maximum atomic E-state index is 16.0. The van der Waals surface area contributed by atoms with E-state index in [1.807, 2.05) is 20.8 Å². The number of pyridine rings is 2. The van der Waals surface area contributed by atoms with E-state index in [1.165, 1.54) is 25.2 Å².